The van der Waals surface area contributed by atoms with Crippen molar-refractivity contribution >= 4 is 12.2 Å². The van der Waals surface area contributed by atoms with Crippen molar-refractivity contribution in [1.82, 2.24) is 0 Å². The first-order valence-corrected chi connectivity index (χ1v) is 3.60. The van der Waals surface area contributed by atoms with Gasteiger partial charge in [-0.15, -0.1) is 0 Å². The summed E-state index contributed by atoms with van der Waals surface area (Å²) >= 11 is 0. The van der Waals surface area contributed by atoms with Crippen molar-refractivity contribution in [3.63, 3.8) is 0 Å². The van der Waals surface area contributed by atoms with Gasteiger partial charge in [0.1, 0.15) is 5.82 Å². The maximum absolute atomic E-state index is 12.3. The number of halogens is 1. The second kappa shape index (κ2) is 5.99. The zero-order valence-corrected chi connectivity index (χ0v) is 7.58. The molecule has 0 heterocycles. The third-order valence-corrected chi connectivity index (χ3v) is 1.33. The van der Waals surface area contributed by atoms with Gasteiger partial charge >= 0.3 is 0 Å². The van der Waals surface area contributed by atoms with Crippen molar-refractivity contribution in [1.29, 1.82) is 0 Å². The first-order valence-electron chi connectivity index (χ1n) is 3.60. The molecule has 1 aromatic rings. The Kier molecular flexibility index (Phi) is 5.27. The molecule has 0 aliphatic carbocycles. The van der Waals surface area contributed by atoms with Crippen molar-refractivity contribution in [2.45, 2.75) is 6.92 Å². The number of benzene rings is 1. The first-order chi connectivity index (χ1) is 6.11. The number of carbonyl (C=O) groups excluding carboxylic acids is 1. The van der Waals surface area contributed by atoms with E-state index in [4.69, 9.17) is 10.5 Å². The summed E-state index contributed by atoms with van der Waals surface area (Å²) in [6.07, 6.45) is 0. The Balaban J connectivity index is 0.000000310. The fourth-order valence-corrected chi connectivity index (χ4v) is 0.639. The second-order valence-electron chi connectivity index (χ2n) is 2.33. The van der Waals surface area contributed by atoms with Crippen LogP contribution in [0.25, 0.3) is 0 Å². The van der Waals surface area contributed by atoms with Crippen LogP contribution in [0.5, 0.6) is 0 Å². The van der Waals surface area contributed by atoms with Gasteiger partial charge in [-0.1, -0.05) is 0 Å². The van der Waals surface area contributed by atoms with Gasteiger partial charge in [0.15, 0.2) is 0 Å². The Labute approximate surface area is 76.3 Å². The van der Waals surface area contributed by atoms with Crippen LogP contribution in [-0.4, -0.2) is 13.6 Å². The molecule has 0 spiro atoms. The quantitative estimate of drug-likeness (QED) is 0.533. The van der Waals surface area contributed by atoms with Gasteiger partial charge in [0.2, 0.25) is 0 Å². The van der Waals surface area contributed by atoms with Crippen LogP contribution < -0.4 is 5.73 Å². The predicted molar refractivity (Wildman–Crippen MR) is 48.6 cm³/mol. The summed E-state index contributed by atoms with van der Waals surface area (Å²) in [5.74, 6) is -0.235. The lowest BCUT2D eigenvalue weighted by molar-refractivity contribution is -0.126. The van der Waals surface area contributed by atoms with E-state index >= 15 is 0 Å². The summed E-state index contributed by atoms with van der Waals surface area (Å²) in [6.45, 7) is 2.15. The number of nitrogens with two attached hydrogens (primary N) is 1. The number of carbonyl (C=O) groups is 1. The predicted octanol–water partition coefficient (Wildman–Crippen LogP) is 1.51. The largest absolute Gasteiger partial charge is 0.471 e. The smallest absolute Gasteiger partial charge is 0.292 e. The van der Waals surface area contributed by atoms with Crippen LogP contribution in [0.4, 0.5) is 10.1 Å². The Morgan fingerprint density at radius 3 is 2.38 bits per heavy atom. The average molecular weight is 185 g/mol. The van der Waals surface area contributed by atoms with Crippen molar-refractivity contribution in [2.24, 2.45) is 0 Å². The van der Waals surface area contributed by atoms with Crippen LogP contribution in [0.15, 0.2) is 18.2 Å². The van der Waals surface area contributed by atoms with Crippen molar-refractivity contribution in [3.8, 4) is 0 Å². The van der Waals surface area contributed by atoms with Crippen LogP contribution in [0.2, 0.25) is 0 Å². The highest BCUT2D eigenvalue weighted by Gasteiger charge is 1.92. The topological polar surface area (TPSA) is 52.3 Å². The van der Waals surface area contributed by atoms with Gasteiger partial charge < -0.3 is 10.5 Å². The zero-order valence-electron chi connectivity index (χ0n) is 7.58. The monoisotopic (exact) mass is 185 g/mol. The number of anilines is 1. The number of ether oxygens (including phenoxy) is 1. The highest BCUT2D eigenvalue weighted by Crippen LogP contribution is 2.10. The van der Waals surface area contributed by atoms with E-state index in [-0.39, 0.29) is 5.82 Å². The van der Waals surface area contributed by atoms with Crippen molar-refractivity contribution < 1.29 is 13.9 Å². The Hall–Kier alpha value is -1.58. The summed E-state index contributed by atoms with van der Waals surface area (Å²) < 4.78 is 16.2. The van der Waals surface area contributed by atoms with E-state index in [1.165, 1.54) is 19.2 Å². The Morgan fingerprint density at radius 1 is 1.54 bits per heavy atom. The minimum Gasteiger partial charge on any atom is -0.471 e. The summed E-state index contributed by atoms with van der Waals surface area (Å²) in [6, 6.07) is 4.32. The number of methoxy groups -OCH3 is 1. The molecule has 1 aromatic carbocycles. The number of hydrogen-bond acceptors (Lipinski definition) is 3. The molecule has 72 valence electrons. The summed E-state index contributed by atoms with van der Waals surface area (Å²) in [4.78, 5) is 8.95. The molecular weight excluding hydrogens is 173 g/mol. The first kappa shape index (κ1) is 11.4. The Morgan fingerprint density at radius 2 is 2.08 bits per heavy atom. The minimum absolute atomic E-state index is 0.235. The molecule has 2 N–H and O–H groups in total. The minimum atomic E-state index is -0.235. The van der Waals surface area contributed by atoms with Crippen molar-refractivity contribution in [3.05, 3.63) is 29.6 Å². The fraction of sp³-hybridized carbons (Fsp3) is 0.222. The molecule has 1 rings (SSSR count). The van der Waals surface area contributed by atoms with Gasteiger partial charge in [-0.05, 0) is 30.7 Å². The van der Waals surface area contributed by atoms with Crippen LogP contribution in [0.1, 0.15) is 5.56 Å². The van der Waals surface area contributed by atoms with Gasteiger partial charge in [-0.25, -0.2) is 4.39 Å². The van der Waals surface area contributed by atoms with E-state index < -0.39 is 0 Å². The third-order valence-electron chi connectivity index (χ3n) is 1.33. The van der Waals surface area contributed by atoms with Gasteiger partial charge in [0, 0.05) is 5.69 Å². The summed E-state index contributed by atoms with van der Waals surface area (Å²) in [7, 11) is 1.31. The molecule has 0 atom stereocenters. The van der Waals surface area contributed by atoms with E-state index in [0.717, 1.165) is 5.56 Å². The third kappa shape index (κ3) is 4.79. The fourth-order valence-electron chi connectivity index (χ4n) is 0.639. The molecule has 0 saturated carbocycles. The number of hydrogen-bond donors (Lipinski definition) is 1. The van der Waals surface area contributed by atoms with Crippen LogP contribution >= 0.6 is 0 Å². The molecular formula is C9H12FNO2. The lowest BCUT2D eigenvalue weighted by Crippen LogP contribution is -1.88. The van der Waals surface area contributed by atoms with Crippen LogP contribution in [0, 0.1) is 12.7 Å². The maximum Gasteiger partial charge on any atom is 0.292 e. The SMILES string of the molecule is COC=O.Cc1cc(F)ccc1N. The van der Waals surface area contributed by atoms with Gasteiger partial charge in [-0.2, -0.15) is 0 Å². The number of rotatable bonds is 1. The van der Waals surface area contributed by atoms with E-state index in [9.17, 15) is 4.39 Å². The number of nitrogen functional groups attached to an aromatic ring is 1. The van der Waals surface area contributed by atoms with Gasteiger partial charge in [0.05, 0.1) is 7.11 Å². The highest BCUT2D eigenvalue weighted by atomic mass is 19.1. The second-order valence-corrected chi connectivity index (χ2v) is 2.33. The van der Waals surface area contributed by atoms with Gasteiger partial charge in [-0.3, -0.25) is 4.79 Å². The molecule has 0 aliphatic heterocycles. The summed E-state index contributed by atoms with van der Waals surface area (Å²) in [5, 5.41) is 0. The standard InChI is InChI=1S/C7H8FN.C2H4O2/c1-5-4-6(8)2-3-7(5)9;1-4-2-3/h2-4H,9H2,1H3;2H,1H3. The van der Waals surface area contributed by atoms with Crippen molar-refractivity contribution in [2.75, 3.05) is 12.8 Å². The van der Waals surface area contributed by atoms with E-state index in [0.29, 0.717) is 12.2 Å². The van der Waals surface area contributed by atoms with E-state index in [1.807, 2.05) is 0 Å². The Bertz CT molecular complexity index is 276. The molecule has 4 heteroatoms. The van der Waals surface area contributed by atoms with Crippen LogP contribution in [-0.2, 0) is 9.53 Å². The van der Waals surface area contributed by atoms with Gasteiger partial charge in [0.25, 0.3) is 6.47 Å². The number of aryl methyl sites for hydroxylation is 1. The van der Waals surface area contributed by atoms with E-state index in [2.05, 4.69) is 4.74 Å². The molecule has 0 aliphatic rings. The molecule has 0 radical (unpaired) electrons. The molecule has 0 amide bonds. The molecule has 0 unspecified atom stereocenters. The zero-order chi connectivity index (χ0) is 10.3. The molecule has 0 fully saturated rings. The highest BCUT2D eigenvalue weighted by molar-refractivity contribution is 5.45. The summed E-state index contributed by atoms with van der Waals surface area (Å²) in [5.41, 5.74) is 6.84. The maximum atomic E-state index is 12.3. The average Bonchev–Trinajstić information content (AvgIpc) is 2.12. The lowest BCUT2D eigenvalue weighted by Gasteiger charge is -1.96. The van der Waals surface area contributed by atoms with Crippen LogP contribution in [0.3, 0.4) is 0 Å². The normalized spacial score (nSPS) is 8.23. The van der Waals surface area contributed by atoms with E-state index in [1.54, 1.807) is 13.0 Å². The molecule has 3 nitrogen and oxygen atoms in total. The lowest BCUT2D eigenvalue weighted by atomic mass is 10.2. The molecule has 0 aromatic heterocycles. The molecule has 0 saturated heterocycles. The molecule has 13 heavy (non-hydrogen) atoms. The molecule has 0 bridgehead atoms.